The van der Waals surface area contributed by atoms with Crippen molar-refractivity contribution in [3.05, 3.63) is 35.6 Å². The molecule has 0 heterocycles. The third-order valence-corrected chi connectivity index (χ3v) is 3.09. The number of rotatable bonds is 6. The van der Waals surface area contributed by atoms with E-state index in [-0.39, 0.29) is 18.3 Å². The number of hydrogen-bond acceptors (Lipinski definition) is 2. The van der Waals surface area contributed by atoms with Crippen LogP contribution in [0.4, 0.5) is 4.39 Å². The lowest BCUT2D eigenvalue weighted by Gasteiger charge is -2.22. The van der Waals surface area contributed by atoms with Crippen molar-refractivity contribution < 1.29 is 9.18 Å². The zero-order valence-electron chi connectivity index (χ0n) is 13.8. The number of halogens is 1. The Bertz CT molecular complexity index is 499. The maximum absolute atomic E-state index is 12.9. The fourth-order valence-electron chi connectivity index (χ4n) is 1.77. The van der Waals surface area contributed by atoms with E-state index in [0.29, 0.717) is 12.5 Å². The first-order valence-electron chi connectivity index (χ1n) is 7.38. The first-order valence-corrected chi connectivity index (χ1v) is 7.38. The quantitative estimate of drug-likeness (QED) is 0.643. The van der Waals surface area contributed by atoms with E-state index in [1.807, 2.05) is 11.9 Å². The molecule has 1 amide bonds. The number of benzene rings is 1. The van der Waals surface area contributed by atoms with Gasteiger partial charge in [0.2, 0.25) is 5.91 Å². The molecule has 5 nitrogen and oxygen atoms in total. The van der Waals surface area contributed by atoms with Gasteiger partial charge < -0.3 is 15.1 Å². The third kappa shape index (κ3) is 6.11. The molecule has 122 valence electrons. The number of likely N-dealkylation sites (N-methyl/N-ethyl adjacent to an activating group) is 1. The molecule has 0 bridgehead atoms. The van der Waals surface area contributed by atoms with Crippen LogP contribution in [0, 0.1) is 5.82 Å². The summed E-state index contributed by atoms with van der Waals surface area (Å²) in [7, 11) is 5.31. The van der Waals surface area contributed by atoms with E-state index >= 15 is 0 Å². The smallest absolute Gasteiger partial charge is 0.243 e. The molecule has 0 saturated heterocycles. The number of aliphatic imine (C=N–C) groups is 1. The van der Waals surface area contributed by atoms with E-state index in [0.717, 1.165) is 18.5 Å². The van der Waals surface area contributed by atoms with Crippen molar-refractivity contribution in [1.29, 1.82) is 0 Å². The highest BCUT2D eigenvalue weighted by molar-refractivity contribution is 5.84. The topological polar surface area (TPSA) is 47.9 Å². The molecule has 0 saturated carbocycles. The third-order valence-electron chi connectivity index (χ3n) is 3.09. The summed E-state index contributed by atoms with van der Waals surface area (Å²) in [6.07, 6.45) is 0.963. The number of hydrogen-bond donors (Lipinski definition) is 1. The summed E-state index contributed by atoms with van der Waals surface area (Å²) in [5, 5.41) is 3.23. The van der Waals surface area contributed by atoms with Crippen molar-refractivity contribution in [2.75, 3.05) is 34.2 Å². The van der Waals surface area contributed by atoms with E-state index < -0.39 is 0 Å². The van der Waals surface area contributed by atoms with Gasteiger partial charge in [-0.15, -0.1) is 0 Å². The van der Waals surface area contributed by atoms with Gasteiger partial charge in [0.15, 0.2) is 5.96 Å². The molecule has 1 aromatic carbocycles. The highest BCUT2D eigenvalue weighted by atomic mass is 19.1. The highest BCUT2D eigenvalue weighted by Gasteiger charge is 2.09. The van der Waals surface area contributed by atoms with E-state index in [9.17, 15) is 9.18 Å². The fraction of sp³-hybridized carbons (Fsp3) is 0.500. The van der Waals surface area contributed by atoms with Crippen molar-refractivity contribution in [3.63, 3.8) is 0 Å². The van der Waals surface area contributed by atoms with E-state index in [1.54, 1.807) is 26.2 Å². The lowest BCUT2D eigenvalue weighted by molar-refractivity contribution is -0.127. The first kappa shape index (κ1) is 17.9. The van der Waals surface area contributed by atoms with E-state index in [1.165, 1.54) is 17.0 Å². The molecule has 0 spiro atoms. The van der Waals surface area contributed by atoms with Gasteiger partial charge in [0.25, 0.3) is 0 Å². The van der Waals surface area contributed by atoms with Gasteiger partial charge in [-0.1, -0.05) is 19.1 Å². The number of carbonyl (C=O) groups is 1. The number of guanidine groups is 1. The summed E-state index contributed by atoms with van der Waals surface area (Å²) in [6, 6.07) is 6.37. The van der Waals surface area contributed by atoms with Crippen LogP contribution in [0.1, 0.15) is 18.9 Å². The largest absolute Gasteiger partial charge is 0.356 e. The Morgan fingerprint density at radius 3 is 2.41 bits per heavy atom. The predicted molar refractivity (Wildman–Crippen MR) is 87.2 cm³/mol. The van der Waals surface area contributed by atoms with Crippen LogP contribution >= 0.6 is 0 Å². The SMILES string of the molecule is CCCNC(=NCC(=O)N(C)C)N(C)Cc1ccc(F)cc1. The van der Waals surface area contributed by atoms with Crippen molar-refractivity contribution in [2.24, 2.45) is 4.99 Å². The van der Waals surface area contributed by atoms with Gasteiger partial charge in [-0.3, -0.25) is 4.79 Å². The van der Waals surface area contributed by atoms with E-state index in [4.69, 9.17) is 0 Å². The molecular weight excluding hydrogens is 283 g/mol. The van der Waals surface area contributed by atoms with Crippen LogP contribution in [0.25, 0.3) is 0 Å². The second-order valence-electron chi connectivity index (χ2n) is 5.34. The van der Waals surface area contributed by atoms with Crippen molar-refractivity contribution in [1.82, 2.24) is 15.1 Å². The van der Waals surface area contributed by atoms with Crippen molar-refractivity contribution in [2.45, 2.75) is 19.9 Å². The Hall–Kier alpha value is -2.11. The molecule has 0 aliphatic carbocycles. The van der Waals surface area contributed by atoms with Crippen LogP contribution in [0.2, 0.25) is 0 Å². The number of amides is 1. The summed E-state index contributed by atoms with van der Waals surface area (Å²) in [6.45, 7) is 3.54. The molecule has 22 heavy (non-hydrogen) atoms. The summed E-state index contributed by atoms with van der Waals surface area (Å²) in [5.41, 5.74) is 0.980. The van der Waals surface area contributed by atoms with Gasteiger partial charge >= 0.3 is 0 Å². The maximum atomic E-state index is 12.9. The Morgan fingerprint density at radius 2 is 1.86 bits per heavy atom. The Kier molecular flexibility index (Phi) is 7.36. The fourth-order valence-corrected chi connectivity index (χ4v) is 1.77. The van der Waals surface area contributed by atoms with Gasteiger partial charge in [0.1, 0.15) is 12.4 Å². The normalized spacial score (nSPS) is 11.2. The molecule has 1 rings (SSSR count). The van der Waals surface area contributed by atoms with Gasteiger partial charge in [0, 0.05) is 34.2 Å². The minimum Gasteiger partial charge on any atom is -0.356 e. The minimum atomic E-state index is -0.249. The van der Waals surface area contributed by atoms with Crippen LogP contribution in [-0.4, -0.2) is 55.9 Å². The summed E-state index contributed by atoms with van der Waals surface area (Å²) >= 11 is 0. The molecule has 1 N–H and O–H groups in total. The van der Waals surface area contributed by atoms with Crippen LogP contribution in [0.3, 0.4) is 0 Å². The van der Waals surface area contributed by atoms with Gasteiger partial charge in [-0.2, -0.15) is 0 Å². The molecule has 0 aromatic heterocycles. The van der Waals surface area contributed by atoms with E-state index in [2.05, 4.69) is 17.2 Å². The predicted octanol–water partition coefficient (Wildman–Crippen LogP) is 1.70. The van der Waals surface area contributed by atoms with Crippen LogP contribution in [0.5, 0.6) is 0 Å². The van der Waals surface area contributed by atoms with Crippen LogP contribution in [0.15, 0.2) is 29.3 Å². The Labute approximate surface area is 131 Å². The molecule has 0 radical (unpaired) electrons. The van der Waals surface area contributed by atoms with Crippen LogP contribution < -0.4 is 5.32 Å². The van der Waals surface area contributed by atoms with Crippen molar-refractivity contribution in [3.8, 4) is 0 Å². The average Bonchev–Trinajstić information content (AvgIpc) is 2.49. The first-order chi connectivity index (χ1) is 10.4. The Morgan fingerprint density at radius 1 is 1.23 bits per heavy atom. The Balaban J connectivity index is 2.74. The van der Waals surface area contributed by atoms with Gasteiger partial charge in [0.05, 0.1) is 0 Å². The second-order valence-corrected chi connectivity index (χ2v) is 5.34. The number of carbonyl (C=O) groups excluding carboxylic acids is 1. The van der Waals surface area contributed by atoms with Crippen molar-refractivity contribution >= 4 is 11.9 Å². The molecule has 6 heteroatoms. The zero-order valence-corrected chi connectivity index (χ0v) is 13.8. The lowest BCUT2D eigenvalue weighted by Crippen LogP contribution is -2.39. The van der Waals surface area contributed by atoms with Crippen LogP contribution in [-0.2, 0) is 11.3 Å². The molecule has 0 atom stereocenters. The van der Waals surface area contributed by atoms with Gasteiger partial charge in [-0.05, 0) is 24.1 Å². The van der Waals surface area contributed by atoms with Gasteiger partial charge in [-0.25, -0.2) is 9.38 Å². The summed E-state index contributed by atoms with van der Waals surface area (Å²) in [5.74, 6) is 0.369. The molecule has 0 unspecified atom stereocenters. The molecule has 0 aliphatic heterocycles. The maximum Gasteiger partial charge on any atom is 0.243 e. The molecular formula is C16H25FN4O. The second kappa shape index (κ2) is 9.02. The molecule has 0 fully saturated rings. The zero-order chi connectivity index (χ0) is 16.5. The molecule has 1 aromatic rings. The molecule has 0 aliphatic rings. The summed E-state index contributed by atoms with van der Waals surface area (Å²) < 4.78 is 12.9. The number of nitrogens with zero attached hydrogens (tertiary/aromatic N) is 3. The summed E-state index contributed by atoms with van der Waals surface area (Å²) in [4.78, 5) is 19.5. The minimum absolute atomic E-state index is 0.0500. The average molecular weight is 308 g/mol. The highest BCUT2D eigenvalue weighted by Crippen LogP contribution is 2.05. The monoisotopic (exact) mass is 308 g/mol. The lowest BCUT2D eigenvalue weighted by atomic mass is 10.2. The number of nitrogens with one attached hydrogen (secondary N) is 1. The standard InChI is InChI=1S/C16H25FN4O/c1-5-10-18-16(19-11-15(22)20(2)3)21(4)12-13-6-8-14(17)9-7-13/h6-9H,5,10-12H2,1-4H3,(H,18,19).